The Bertz CT molecular complexity index is 1160. The van der Waals surface area contributed by atoms with Crippen LogP contribution in [0.1, 0.15) is 22.9 Å². The van der Waals surface area contributed by atoms with Crippen molar-refractivity contribution in [2.45, 2.75) is 19.5 Å². The molecule has 7 nitrogen and oxygen atoms in total. The highest BCUT2D eigenvalue weighted by atomic mass is 19.4. The molecule has 12 heteroatoms. The van der Waals surface area contributed by atoms with Crippen molar-refractivity contribution in [1.29, 1.82) is 0 Å². The van der Waals surface area contributed by atoms with Crippen LogP contribution in [0.4, 0.5) is 22.0 Å². The molecule has 0 amide bonds. The number of aromatic amines is 1. The highest BCUT2D eigenvalue weighted by Gasteiger charge is 2.36. The highest BCUT2D eigenvalue weighted by Crippen LogP contribution is 2.29. The van der Waals surface area contributed by atoms with Crippen molar-refractivity contribution in [3.05, 3.63) is 59.2 Å². The van der Waals surface area contributed by atoms with Crippen molar-refractivity contribution < 1.29 is 22.0 Å². The van der Waals surface area contributed by atoms with Crippen LogP contribution in [0.3, 0.4) is 0 Å². The molecule has 0 radical (unpaired) electrons. The van der Waals surface area contributed by atoms with Gasteiger partial charge in [0.25, 0.3) is 5.82 Å². The van der Waals surface area contributed by atoms with Crippen molar-refractivity contribution in [3.63, 3.8) is 0 Å². The fraction of sp³-hybridized carbons (Fsp3) is 0.188. The lowest BCUT2D eigenvalue weighted by atomic mass is 10.1. The summed E-state index contributed by atoms with van der Waals surface area (Å²) in [5, 5.41) is 5.21. The first-order valence-corrected chi connectivity index (χ1v) is 7.86. The van der Waals surface area contributed by atoms with Crippen LogP contribution >= 0.6 is 0 Å². The van der Waals surface area contributed by atoms with Gasteiger partial charge in [0.05, 0.1) is 5.69 Å². The Hall–Kier alpha value is -3.44. The quantitative estimate of drug-likeness (QED) is 0.539. The molecule has 0 aliphatic rings. The van der Waals surface area contributed by atoms with Gasteiger partial charge in [-0.2, -0.15) is 13.2 Å². The van der Waals surface area contributed by atoms with Crippen LogP contribution in [0.2, 0.25) is 0 Å². The molecule has 4 heterocycles. The Morgan fingerprint density at radius 1 is 1.11 bits per heavy atom. The molecule has 0 saturated heterocycles. The van der Waals surface area contributed by atoms with E-state index in [1.807, 2.05) is 0 Å². The lowest BCUT2D eigenvalue weighted by Crippen LogP contribution is -2.07. The van der Waals surface area contributed by atoms with Gasteiger partial charge in [-0.15, -0.1) is 5.10 Å². The lowest BCUT2D eigenvalue weighted by molar-refractivity contribution is -0.144. The number of aromatic nitrogens is 7. The second-order valence-corrected chi connectivity index (χ2v) is 5.93. The number of imidazole rings is 1. The Balaban J connectivity index is 1.87. The van der Waals surface area contributed by atoms with E-state index in [-0.39, 0.29) is 29.3 Å². The molecule has 0 aromatic carbocycles. The topological polar surface area (TPSA) is 84.6 Å². The average Bonchev–Trinajstić information content (AvgIpc) is 3.22. The molecule has 4 aromatic rings. The molecule has 1 N–H and O–H groups in total. The third-order valence-electron chi connectivity index (χ3n) is 3.88. The van der Waals surface area contributed by atoms with Gasteiger partial charge in [0.1, 0.15) is 17.2 Å². The van der Waals surface area contributed by atoms with E-state index in [0.717, 1.165) is 10.6 Å². The van der Waals surface area contributed by atoms with Crippen molar-refractivity contribution >= 4 is 5.52 Å². The van der Waals surface area contributed by atoms with Gasteiger partial charge in [-0.1, -0.05) is 0 Å². The van der Waals surface area contributed by atoms with Crippen LogP contribution in [0.15, 0.2) is 24.7 Å². The summed E-state index contributed by atoms with van der Waals surface area (Å²) in [5.41, 5.74) is 0.654. The zero-order valence-corrected chi connectivity index (χ0v) is 14.1. The van der Waals surface area contributed by atoms with Crippen molar-refractivity contribution in [3.8, 4) is 11.6 Å². The number of hydrogen-bond acceptors (Lipinski definition) is 5. The van der Waals surface area contributed by atoms with Gasteiger partial charge in [0.15, 0.2) is 17.5 Å². The van der Waals surface area contributed by atoms with Crippen molar-refractivity contribution in [2.24, 2.45) is 0 Å². The molecule has 4 aromatic heterocycles. The predicted molar refractivity (Wildman–Crippen MR) is 85.1 cm³/mol. The molecule has 0 unspecified atom stereocenters. The first kappa shape index (κ1) is 17.9. The van der Waals surface area contributed by atoms with Gasteiger partial charge in [0, 0.05) is 31.1 Å². The van der Waals surface area contributed by atoms with Gasteiger partial charge in [-0.05, 0) is 12.5 Å². The number of nitrogens with one attached hydrogen (secondary N) is 1. The Morgan fingerprint density at radius 3 is 2.46 bits per heavy atom. The standard InChI is InChI=1S/C16H10F5N7/c1-7-22-4-8(5-23-7)2-11-12-10(18)3-9(17)6-28(12)14(24-11)13-25-15(27-26-13)16(19,20)21/h3-6H,2H2,1H3,(H,25,26,27). The van der Waals surface area contributed by atoms with E-state index in [0.29, 0.717) is 17.5 Å². The highest BCUT2D eigenvalue weighted by molar-refractivity contribution is 5.63. The molecule has 0 spiro atoms. The fourth-order valence-electron chi connectivity index (χ4n) is 2.69. The summed E-state index contributed by atoms with van der Waals surface area (Å²) >= 11 is 0. The SMILES string of the molecule is Cc1ncc(Cc2nc(-c3nc(C(F)(F)F)n[nH]3)n3cc(F)cc(F)c23)cn1. The lowest BCUT2D eigenvalue weighted by Gasteiger charge is -2.02. The molecule has 0 bridgehead atoms. The smallest absolute Gasteiger partial charge is 0.291 e. The number of rotatable bonds is 3. The first-order chi connectivity index (χ1) is 13.2. The monoisotopic (exact) mass is 395 g/mol. The fourth-order valence-corrected chi connectivity index (χ4v) is 2.69. The van der Waals surface area contributed by atoms with Gasteiger partial charge in [-0.3, -0.25) is 9.50 Å². The molecule has 0 atom stereocenters. The molecule has 0 aliphatic carbocycles. The number of pyridine rings is 1. The van der Waals surface area contributed by atoms with Gasteiger partial charge in [0.2, 0.25) is 0 Å². The second-order valence-electron chi connectivity index (χ2n) is 5.93. The molecule has 28 heavy (non-hydrogen) atoms. The summed E-state index contributed by atoms with van der Waals surface area (Å²) in [6.45, 7) is 1.69. The summed E-state index contributed by atoms with van der Waals surface area (Å²) < 4.78 is 67.5. The third-order valence-corrected chi connectivity index (χ3v) is 3.88. The minimum Gasteiger partial charge on any atom is -0.291 e. The number of nitrogens with zero attached hydrogens (tertiary/aromatic N) is 6. The van der Waals surface area contributed by atoms with E-state index < -0.39 is 23.6 Å². The number of fused-ring (bicyclic) bond motifs is 1. The number of alkyl halides is 3. The van der Waals surface area contributed by atoms with Crippen LogP contribution in [0, 0.1) is 18.6 Å². The van der Waals surface area contributed by atoms with E-state index in [2.05, 4.69) is 30.1 Å². The summed E-state index contributed by atoms with van der Waals surface area (Å²) in [6.07, 6.45) is -0.756. The molecule has 0 saturated carbocycles. The summed E-state index contributed by atoms with van der Waals surface area (Å²) in [7, 11) is 0. The van der Waals surface area contributed by atoms with E-state index in [4.69, 9.17) is 0 Å². The van der Waals surface area contributed by atoms with Crippen LogP contribution in [0.5, 0.6) is 0 Å². The number of halogens is 5. The van der Waals surface area contributed by atoms with Crippen LogP contribution < -0.4 is 0 Å². The molecule has 4 rings (SSSR count). The van der Waals surface area contributed by atoms with Crippen LogP contribution in [-0.2, 0) is 12.6 Å². The number of H-pyrrole nitrogens is 1. The number of hydrogen-bond donors (Lipinski definition) is 1. The first-order valence-electron chi connectivity index (χ1n) is 7.86. The second kappa shape index (κ2) is 6.32. The summed E-state index contributed by atoms with van der Waals surface area (Å²) in [4.78, 5) is 15.6. The van der Waals surface area contributed by atoms with Crippen molar-refractivity contribution in [1.82, 2.24) is 34.5 Å². The molecular weight excluding hydrogens is 385 g/mol. The van der Waals surface area contributed by atoms with Gasteiger partial charge >= 0.3 is 6.18 Å². The van der Waals surface area contributed by atoms with Crippen LogP contribution in [0.25, 0.3) is 17.2 Å². The van der Waals surface area contributed by atoms with Gasteiger partial charge in [-0.25, -0.2) is 28.7 Å². The van der Waals surface area contributed by atoms with E-state index in [1.54, 1.807) is 6.92 Å². The molecule has 144 valence electrons. The Labute approximate surface area is 153 Å². The molecule has 0 fully saturated rings. The Morgan fingerprint density at radius 2 is 1.82 bits per heavy atom. The van der Waals surface area contributed by atoms with E-state index >= 15 is 0 Å². The third kappa shape index (κ3) is 3.17. The zero-order chi connectivity index (χ0) is 20.1. The minimum atomic E-state index is -4.78. The normalized spacial score (nSPS) is 12.1. The van der Waals surface area contributed by atoms with Crippen LogP contribution in [-0.4, -0.2) is 34.5 Å². The minimum absolute atomic E-state index is 0.0760. The Kier molecular flexibility index (Phi) is 4.05. The van der Waals surface area contributed by atoms with E-state index in [1.165, 1.54) is 12.4 Å². The number of aryl methyl sites for hydroxylation is 1. The maximum Gasteiger partial charge on any atom is 0.453 e. The summed E-state index contributed by atoms with van der Waals surface area (Å²) in [6, 6.07) is 0.664. The zero-order valence-electron chi connectivity index (χ0n) is 14.1. The van der Waals surface area contributed by atoms with Gasteiger partial charge < -0.3 is 0 Å². The predicted octanol–water partition coefficient (Wildman–Crippen LogP) is 3.11. The van der Waals surface area contributed by atoms with Crippen molar-refractivity contribution in [2.75, 3.05) is 0 Å². The van der Waals surface area contributed by atoms with E-state index in [9.17, 15) is 22.0 Å². The maximum atomic E-state index is 14.4. The molecular formula is C16H10F5N7. The largest absolute Gasteiger partial charge is 0.453 e. The maximum absolute atomic E-state index is 14.4. The molecule has 0 aliphatic heterocycles. The average molecular weight is 395 g/mol. The summed E-state index contributed by atoms with van der Waals surface area (Å²) in [5.74, 6) is -3.31.